The van der Waals surface area contributed by atoms with Gasteiger partial charge in [0.15, 0.2) is 0 Å². The molecule has 0 radical (unpaired) electrons. The number of unbranched alkanes of at least 4 members (excludes halogenated alkanes) is 5. The molecule has 2 aromatic rings. The van der Waals surface area contributed by atoms with Crippen LogP contribution in [0, 0.1) is 0 Å². The van der Waals surface area contributed by atoms with Crippen molar-refractivity contribution in [3.63, 3.8) is 0 Å². The van der Waals surface area contributed by atoms with Crippen molar-refractivity contribution in [3.8, 4) is 0 Å². The molecular weight excluding hydrogens is 447 g/mol. The molecule has 0 heterocycles. The Morgan fingerprint density at radius 3 is 1.50 bits per heavy atom. The summed E-state index contributed by atoms with van der Waals surface area (Å²) in [5, 5.41) is 9.14. The maximum atomic E-state index is 11.8. The molecule has 0 bridgehead atoms. The second-order valence-electron chi connectivity index (χ2n) is 7.32. The van der Waals surface area contributed by atoms with Crippen molar-refractivity contribution in [2.45, 2.75) is 51.4 Å². The first-order valence-electron chi connectivity index (χ1n) is 10.7. The van der Waals surface area contributed by atoms with Gasteiger partial charge in [0, 0.05) is 22.9 Å². The SMILES string of the molecule is O=C(CCCCCCCCC(=O)N/N=C\c1cccc(Cl)c1)N/N=C\c1cccc(Cl)c1. The van der Waals surface area contributed by atoms with E-state index in [0.29, 0.717) is 22.9 Å². The van der Waals surface area contributed by atoms with Gasteiger partial charge in [0.25, 0.3) is 0 Å². The first kappa shape index (κ1) is 25.6. The van der Waals surface area contributed by atoms with Gasteiger partial charge >= 0.3 is 0 Å². The zero-order valence-electron chi connectivity index (χ0n) is 17.9. The van der Waals surface area contributed by atoms with Crippen LogP contribution in [0.1, 0.15) is 62.5 Å². The number of rotatable bonds is 13. The van der Waals surface area contributed by atoms with Crippen LogP contribution in [0.15, 0.2) is 58.7 Å². The van der Waals surface area contributed by atoms with Gasteiger partial charge in [-0.2, -0.15) is 10.2 Å². The fourth-order valence-corrected chi connectivity index (χ4v) is 3.32. The Hall–Kier alpha value is -2.70. The van der Waals surface area contributed by atoms with Gasteiger partial charge in [0.1, 0.15) is 0 Å². The Balaban J connectivity index is 1.44. The summed E-state index contributed by atoms with van der Waals surface area (Å²) >= 11 is 11.8. The summed E-state index contributed by atoms with van der Waals surface area (Å²) in [7, 11) is 0. The van der Waals surface area contributed by atoms with Gasteiger partial charge in [-0.05, 0) is 48.2 Å². The highest BCUT2D eigenvalue weighted by molar-refractivity contribution is 6.31. The molecule has 0 unspecified atom stereocenters. The quantitative estimate of drug-likeness (QED) is 0.221. The fourth-order valence-electron chi connectivity index (χ4n) is 2.92. The number of amides is 2. The topological polar surface area (TPSA) is 82.9 Å². The maximum absolute atomic E-state index is 11.8. The number of benzene rings is 2. The molecule has 2 N–H and O–H groups in total. The van der Waals surface area contributed by atoms with E-state index in [4.69, 9.17) is 23.2 Å². The monoisotopic (exact) mass is 474 g/mol. The molecule has 2 aromatic carbocycles. The Bertz CT molecular complexity index is 856. The summed E-state index contributed by atoms with van der Waals surface area (Å²) in [6.07, 6.45) is 9.68. The number of nitrogens with zero attached hydrogens (tertiary/aromatic N) is 2. The lowest BCUT2D eigenvalue weighted by Gasteiger charge is -2.02. The number of hydrogen-bond acceptors (Lipinski definition) is 4. The minimum atomic E-state index is -0.0988. The highest BCUT2D eigenvalue weighted by atomic mass is 35.5. The Morgan fingerprint density at radius 2 is 1.09 bits per heavy atom. The molecule has 0 aliphatic heterocycles. The first-order valence-corrected chi connectivity index (χ1v) is 11.4. The Kier molecular flexibility index (Phi) is 12.1. The number of nitrogens with one attached hydrogen (secondary N) is 2. The molecule has 8 heteroatoms. The summed E-state index contributed by atoms with van der Waals surface area (Å²) in [4.78, 5) is 23.6. The zero-order valence-corrected chi connectivity index (χ0v) is 19.4. The number of halogens is 2. The molecule has 2 rings (SSSR count). The van der Waals surface area contributed by atoms with Crippen LogP contribution in [0.4, 0.5) is 0 Å². The number of hydrogen-bond donors (Lipinski definition) is 2. The van der Waals surface area contributed by atoms with Crippen molar-refractivity contribution in [2.75, 3.05) is 0 Å². The van der Waals surface area contributed by atoms with Crippen LogP contribution in [0.5, 0.6) is 0 Å². The summed E-state index contributed by atoms with van der Waals surface area (Å²) in [5.41, 5.74) is 6.72. The molecule has 6 nitrogen and oxygen atoms in total. The van der Waals surface area contributed by atoms with Crippen LogP contribution in [-0.2, 0) is 9.59 Å². The first-order chi connectivity index (χ1) is 15.5. The average Bonchev–Trinajstić information content (AvgIpc) is 2.76. The van der Waals surface area contributed by atoms with Gasteiger partial charge in [-0.15, -0.1) is 0 Å². The van der Waals surface area contributed by atoms with Gasteiger partial charge in [-0.25, -0.2) is 10.9 Å². The molecule has 0 spiro atoms. The lowest BCUT2D eigenvalue weighted by molar-refractivity contribution is -0.122. The molecule has 170 valence electrons. The molecule has 0 fully saturated rings. The average molecular weight is 475 g/mol. The van der Waals surface area contributed by atoms with Crippen molar-refractivity contribution in [2.24, 2.45) is 10.2 Å². The largest absolute Gasteiger partial charge is 0.273 e. The van der Waals surface area contributed by atoms with Gasteiger partial charge in [0.2, 0.25) is 11.8 Å². The van der Waals surface area contributed by atoms with Crippen LogP contribution in [0.3, 0.4) is 0 Å². The number of carbonyl (C=O) groups is 2. The molecule has 2 amide bonds. The zero-order chi connectivity index (χ0) is 23.0. The molecule has 0 aliphatic carbocycles. The van der Waals surface area contributed by atoms with E-state index in [9.17, 15) is 9.59 Å². The highest BCUT2D eigenvalue weighted by Crippen LogP contribution is 2.10. The summed E-state index contributed by atoms with van der Waals surface area (Å²) in [6.45, 7) is 0. The van der Waals surface area contributed by atoms with Gasteiger partial charge in [0.05, 0.1) is 12.4 Å². The lowest BCUT2D eigenvalue weighted by Crippen LogP contribution is -2.17. The van der Waals surface area contributed by atoms with Crippen LogP contribution < -0.4 is 10.9 Å². The lowest BCUT2D eigenvalue weighted by atomic mass is 10.1. The van der Waals surface area contributed by atoms with Crippen molar-refractivity contribution < 1.29 is 9.59 Å². The molecule has 0 atom stereocenters. The highest BCUT2D eigenvalue weighted by Gasteiger charge is 2.01. The van der Waals surface area contributed by atoms with Gasteiger partial charge in [-0.1, -0.05) is 73.2 Å². The second-order valence-corrected chi connectivity index (χ2v) is 8.19. The van der Waals surface area contributed by atoms with Crippen molar-refractivity contribution in [1.82, 2.24) is 10.9 Å². The van der Waals surface area contributed by atoms with Crippen LogP contribution >= 0.6 is 23.2 Å². The second kappa shape index (κ2) is 15.2. The van der Waals surface area contributed by atoms with Crippen LogP contribution in [0.2, 0.25) is 10.0 Å². The van der Waals surface area contributed by atoms with E-state index in [2.05, 4.69) is 21.1 Å². The molecule has 0 aromatic heterocycles. The minimum absolute atomic E-state index is 0.0988. The minimum Gasteiger partial charge on any atom is -0.273 e. The van der Waals surface area contributed by atoms with E-state index in [-0.39, 0.29) is 11.8 Å². The predicted molar refractivity (Wildman–Crippen MR) is 131 cm³/mol. The smallest absolute Gasteiger partial charge is 0.240 e. The molecule has 0 saturated carbocycles. The van der Waals surface area contributed by atoms with Crippen LogP contribution in [-0.4, -0.2) is 24.2 Å². The van der Waals surface area contributed by atoms with Crippen molar-refractivity contribution >= 4 is 47.4 Å². The summed E-state index contributed by atoms with van der Waals surface area (Å²) in [5.74, 6) is -0.198. The third kappa shape index (κ3) is 11.6. The fraction of sp³-hybridized carbons (Fsp3) is 0.333. The summed E-state index contributed by atoms with van der Waals surface area (Å²) < 4.78 is 0. The van der Waals surface area contributed by atoms with Crippen molar-refractivity contribution in [1.29, 1.82) is 0 Å². The Labute approximate surface area is 199 Å². The van der Waals surface area contributed by atoms with E-state index < -0.39 is 0 Å². The molecular formula is C24H28Cl2N4O2. The standard InChI is InChI=1S/C24H28Cl2N4O2/c25-21-11-7-9-19(15-21)17-27-29-23(31)13-5-3-1-2-4-6-14-24(32)30-28-18-20-10-8-12-22(26)16-20/h7-12,15-18H,1-6,13-14H2,(H,29,31)(H,30,32)/b27-17-,28-18-. The van der Waals surface area contributed by atoms with Gasteiger partial charge in [-0.3, -0.25) is 9.59 Å². The van der Waals surface area contributed by atoms with Gasteiger partial charge < -0.3 is 0 Å². The molecule has 0 saturated heterocycles. The number of carbonyl (C=O) groups excluding carboxylic acids is 2. The van der Waals surface area contributed by atoms with Crippen LogP contribution in [0.25, 0.3) is 0 Å². The molecule has 32 heavy (non-hydrogen) atoms. The number of hydrazone groups is 2. The molecule has 0 aliphatic rings. The third-order valence-electron chi connectivity index (χ3n) is 4.56. The summed E-state index contributed by atoms with van der Waals surface area (Å²) in [6, 6.07) is 14.5. The van der Waals surface area contributed by atoms with E-state index in [0.717, 1.165) is 49.7 Å². The van der Waals surface area contributed by atoms with E-state index in [1.165, 1.54) is 0 Å². The van der Waals surface area contributed by atoms with E-state index in [1.54, 1.807) is 36.7 Å². The Morgan fingerprint density at radius 1 is 0.688 bits per heavy atom. The maximum Gasteiger partial charge on any atom is 0.240 e. The van der Waals surface area contributed by atoms with Crippen molar-refractivity contribution in [3.05, 3.63) is 69.7 Å². The van der Waals surface area contributed by atoms with E-state index in [1.807, 2.05) is 24.3 Å². The normalized spacial score (nSPS) is 11.2. The predicted octanol–water partition coefficient (Wildman–Crippen LogP) is 5.71. The third-order valence-corrected chi connectivity index (χ3v) is 5.03. The van der Waals surface area contributed by atoms with E-state index >= 15 is 0 Å².